The van der Waals surface area contributed by atoms with E-state index in [0.29, 0.717) is 5.92 Å². The number of nitrogens with two attached hydrogens (primary N) is 1. The van der Waals surface area contributed by atoms with Crippen molar-refractivity contribution in [2.45, 2.75) is 103 Å². The second kappa shape index (κ2) is 8.47. The fourth-order valence-electron chi connectivity index (χ4n) is 5.12. The molecule has 1 aromatic rings. The highest BCUT2D eigenvalue weighted by Gasteiger charge is 2.31. The minimum absolute atomic E-state index is 0.682. The summed E-state index contributed by atoms with van der Waals surface area (Å²) >= 11 is 0. The minimum atomic E-state index is 0.682. The first-order valence-electron chi connectivity index (χ1n) is 10.7. The fraction of sp³-hybridized carbons (Fsp3) is 0.739. The van der Waals surface area contributed by atoms with Gasteiger partial charge in [-0.25, -0.2) is 0 Å². The summed E-state index contributed by atoms with van der Waals surface area (Å²) < 4.78 is 0. The molecular weight excluding hydrogens is 304 g/mol. The van der Waals surface area contributed by atoms with Gasteiger partial charge in [-0.05, 0) is 62.1 Å². The lowest BCUT2D eigenvalue weighted by Crippen LogP contribution is -2.46. The van der Waals surface area contributed by atoms with E-state index < -0.39 is 0 Å². The third kappa shape index (κ3) is 4.33. The maximum absolute atomic E-state index is 6.39. The summed E-state index contributed by atoms with van der Waals surface area (Å²) in [4.78, 5) is 2.88. The summed E-state index contributed by atoms with van der Waals surface area (Å²) in [5.41, 5.74) is 11.7. The van der Waals surface area contributed by atoms with Crippen molar-refractivity contribution >= 4 is 11.4 Å². The molecule has 0 bridgehead atoms. The molecule has 2 N–H and O–H groups in total. The molecule has 2 aliphatic carbocycles. The standard InChI is InChI=1S/C23H38N2/c1-17(2)16-19-14-15-22(24)18(3)23(19)25(20-10-6-4-7-11-20)21-12-8-5-9-13-21/h14-15,17,20-21H,4-13,16,24H2,1-3H3. The lowest BCUT2D eigenvalue weighted by molar-refractivity contribution is 0.339. The van der Waals surface area contributed by atoms with Crippen molar-refractivity contribution in [1.29, 1.82) is 0 Å². The lowest BCUT2D eigenvalue weighted by atomic mass is 9.86. The Balaban J connectivity index is 2.02. The Morgan fingerprint density at radius 2 is 1.44 bits per heavy atom. The summed E-state index contributed by atoms with van der Waals surface area (Å²) in [5, 5.41) is 0. The maximum atomic E-state index is 6.39. The van der Waals surface area contributed by atoms with Crippen LogP contribution in [0.2, 0.25) is 0 Å². The number of nitrogens with zero attached hydrogens (tertiary/aromatic N) is 1. The summed E-state index contributed by atoms with van der Waals surface area (Å²) in [6.45, 7) is 6.93. The molecule has 2 fully saturated rings. The number of nitrogen functional groups attached to an aromatic ring is 1. The van der Waals surface area contributed by atoms with Gasteiger partial charge >= 0.3 is 0 Å². The number of hydrogen-bond acceptors (Lipinski definition) is 2. The van der Waals surface area contributed by atoms with Gasteiger partial charge in [-0.2, -0.15) is 0 Å². The van der Waals surface area contributed by atoms with Crippen molar-refractivity contribution in [2.24, 2.45) is 5.92 Å². The van der Waals surface area contributed by atoms with Crippen LogP contribution in [0.4, 0.5) is 11.4 Å². The SMILES string of the molecule is Cc1c(N)ccc(CC(C)C)c1N(C1CCCCC1)C1CCCCC1. The first kappa shape index (κ1) is 18.6. The molecule has 2 heteroatoms. The summed E-state index contributed by atoms with van der Waals surface area (Å²) in [6, 6.07) is 5.90. The van der Waals surface area contributed by atoms with Crippen LogP contribution in [0, 0.1) is 12.8 Å². The smallest absolute Gasteiger partial charge is 0.0454 e. The zero-order valence-electron chi connectivity index (χ0n) is 16.7. The van der Waals surface area contributed by atoms with Crippen molar-refractivity contribution in [3.05, 3.63) is 23.3 Å². The van der Waals surface area contributed by atoms with Crippen molar-refractivity contribution in [3.63, 3.8) is 0 Å². The van der Waals surface area contributed by atoms with Gasteiger partial charge in [0.05, 0.1) is 0 Å². The van der Waals surface area contributed by atoms with Gasteiger partial charge in [-0.3, -0.25) is 0 Å². The van der Waals surface area contributed by atoms with Gasteiger partial charge in [0, 0.05) is 23.5 Å². The van der Waals surface area contributed by atoms with E-state index in [2.05, 4.69) is 37.8 Å². The number of rotatable bonds is 5. The lowest BCUT2D eigenvalue weighted by Gasteiger charge is -2.45. The van der Waals surface area contributed by atoms with Gasteiger partial charge < -0.3 is 10.6 Å². The zero-order chi connectivity index (χ0) is 17.8. The molecule has 0 radical (unpaired) electrons. The fourth-order valence-corrected chi connectivity index (χ4v) is 5.12. The highest BCUT2D eigenvalue weighted by Crippen LogP contribution is 2.40. The third-order valence-electron chi connectivity index (χ3n) is 6.38. The van der Waals surface area contributed by atoms with Crippen LogP contribution in [-0.4, -0.2) is 12.1 Å². The van der Waals surface area contributed by atoms with E-state index >= 15 is 0 Å². The first-order chi connectivity index (χ1) is 12.1. The predicted octanol–water partition coefficient (Wildman–Crippen LogP) is 6.25. The molecule has 2 saturated carbocycles. The van der Waals surface area contributed by atoms with Crippen LogP contribution in [0.5, 0.6) is 0 Å². The monoisotopic (exact) mass is 342 g/mol. The molecule has 2 aliphatic rings. The molecule has 2 nitrogen and oxygen atoms in total. The van der Waals surface area contributed by atoms with Crippen LogP contribution in [0.1, 0.15) is 89.2 Å². The molecule has 0 aliphatic heterocycles. The highest BCUT2D eigenvalue weighted by atomic mass is 15.2. The van der Waals surface area contributed by atoms with Gasteiger partial charge in [-0.1, -0.05) is 58.4 Å². The number of hydrogen-bond donors (Lipinski definition) is 1. The number of anilines is 2. The molecule has 1 aromatic carbocycles. The van der Waals surface area contributed by atoms with Gasteiger partial charge in [0.15, 0.2) is 0 Å². The van der Waals surface area contributed by atoms with Crippen molar-refractivity contribution < 1.29 is 0 Å². The molecule has 0 atom stereocenters. The summed E-state index contributed by atoms with van der Waals surface area (Å²) in [7, 11) is 0. The topological polar surface area (TPSA) is 29.3 Å². The highest BCUT2D eigenvalue weighted by molar-refractivity contribution is 5.69. The Hall–Kier alpha value is -1.18. The van der Waals surface area contributed by atoms with Crippen LogP contribution in [0.15, 0.2) is 12.1 Å². The Morgan fingerprint density at radius 1 is 0.920 bits per heavy atom. The maximum Gasteiger partial charge on any atom is 0.0454 e. The van der Waals surface area contributed by atoms with Crippen LogP contribution < -0.4 is 10.6 Å². The molecule has 0 saturated heterocycles. The molecule has 0 aromatic heterocycles. The average molecular weight is 343 g/mol. The van der Waals surface area contributed by atoms with E-state index in [1.165, 1.54) is 81.0 Å². The Morgan fingerprint density at radius 3 is 1.92 bits per heavy atom. The normalized spacial score (nSPS) is 20.2. The second-order valence-electron chi connectivity index (χ2n) is 8.88. The molecule has 3 rings (SSSR count). The van der Waals surface area contributed by atoms with Crippen molar-refractivity contribution in [2.75, 3.05) is 10.6 Å². The van der Waals surface area contributed by atoms with Crippen LogP contribution in [-0.2, 0) is 6.42 Å². The van der Waals surface area contributed by atoms with Gasteiger partial charge in [-0.15, -0.1) is 0 Å². The zero-order valence-corrected chi connectivity index (χ0v) is 16.7. The van der Waals surface area contributed by atoms with Crippen LogP contribution >= 0.6 is 0 Å². The van der Waals surface area contributed by atoms with E-state index in [4.69, 9.17) is 5.73 Å². The van der Waals surface area contributed by atoms with Crippen LogP contribution in [0.25, 0.3) is 0 Å². The molecule has 0 spiro atoms. The summed E-state index contributed by atoms with van der Waals surface area (Å²) in [5.74, 6) is 0.682. The van der Waals surface area contributed by atoms with Gasteiger partial charge in [0.2, 0.25) is 0 Å². The first-order valence-corrected chi connectivity index (χ1v) is 10.7. The van der Waals surface area contributed by atoms with Gasteiger partial charge in [0.25, 0.3) is 0 Å². The Labute approximate surface area is 155 Å². The molecule has 140 valence electrons. The summed E-state index contributed by atoms with van der Waals surface area (Å²) in [6.07, 6.45) is 15.1. The molecule has 0 heterocycles. The Bertz CT molecular complexity index is 533. The van der Waals surface area contributed by atoms with E-state index in [1.807, 2.05) is 0 Å². The molecule has 25 heavy (non-hydrogen) atoms. The van der Waals surface area contributed by atoms with E-state index in [-0.39, 0.29) is 0 Å². The van der Waals surface area contributed by atoms with Gasteiger partial charge in [0.1, 0.15) is 0 Å². The molecule has 0 unspecified atom stereocenters. The predicted molar refractivity (Wildman–Crippen MR) is 110 cm³/mol. The second-order valence-corrected chi connectivity index (χ2v) is 8.88. The van der Waals surface area contributed by atoms with E-state index in [0.717, 1.165) is 24.2 Å². The Kier molecular flexibility index (Phi) is 6.30. The van der Waals surface area contributed by atoms with Crippen molar-refractivity contribution in [3.8, 4) is 0 Å². The molecular formula is C23H38N2. The van der Waals surface area contributed by atoms with E-state index in [9.17, 15) is 0 Å². The average Bonchev–Trinajstić information content (AvgIpc) is 2.62. The van der Waals surface area contributed by atoms with Crippen molar-refractivity contribution in [1.82, 2.24) is 0 Å². The minimum Gasteiger partial charge on any atom is -0.398 e. The quantitative estimate of drug-likeness (QED) is 0.641. The van der Waals surface area contributed by atoms with Crippen LogP contribution in [0.3, 0.4) is 0 Å². The third-order valence-corrected chi connectivity index (χ3v) is 6.38. The molecule has 0 amide bonds. The largest absolute Gasteiger partial charge is 0.398 e. The number of benzene rings is 1. The van der Waals surface area contributed by atoms with E-state index in [1.54, 1.807) is 0 Å².